The Kier molecular flexibility index (Phi) is 7.10. The zero-order valence-electron chi connectivity index (χ0n) is 19.2. The molecule has 0 radical (unpaired) electrons. The third-order valence-corrected chi connectivity index (χ3v) is 5.94. The molecule has 0 saturated carbocycles. The number of likely N-dealkylation sites (tertiary alicyclic amines) is 1. The number of hydrogen-bond donors (Lipinski definition) is 1. The molecule has 8 nitrogen and oxygen atoms in total. The first-order valence-corrected chi connectivity index (χ1v) is 11.1. The maximum atomic E-state index is 13.2. The summed E-state index contributed by atoms with van der Waals surface area (Å²) in [7, 11) is 3.16. The average molecular weight is 467 g/mol. The lowest BCUT2D eigenvalue weighted by Gasteiger charge is -2.32. The van der Waals surface area contributed by atoms with Crippen molar-refractivity contribution < 1.29 is 23.5 Å². The smallest absolute Gasteiger partial charge is 0.253 e. The molecule has 0 bridgehead atoms. The minimum absolute atomic E-state index is 0.170. The number of halogens is 1. The Labute approximate surface area is 197 Å². The lowest BCUT2D eigenvalue weighted by Crippen LogP contribution is -2.43. The van der Waals surface area contributed by atoms with Crippen LogP contribution in [0.2, 0.25) is 0 Å². The summed E-state index contributed by atoms with van der Waals surface area (Å²) in [6.45, 7) is 1.25. The first-order chi connectivity index (χ1) is 16.5. The van der Waals surface area contributed by atoms with Gasteiger partial charge in [-0.05, 0) is 43.2 Å². The second-order valence-corrected chi connectivity index (χ2v) is 8.11. The summed E-state index contributed by atoms with van der Waals surface area (Å²) < 4.78 is 25.7. The van der Waals surface area contributed by atoms with Gasteiger partial charge >= 0.3 is 0 Å². The molecule has 1 unspecified atom stereocenters. The standard InChI is InChI=1S/C25H27FN4O4/c1-33-21-7-3-5-18(23(21)34-2)16-30-22(12-13-27-30)28-24(31)19-6-4-14-29(15-19)25(32)17-8-10-20(26)11-9-17/h3,5,7-13,19H,4,6,14-16H2,1-2H3,(H,28,31). The van der Waals surface area contributed by atoms with Crippen LogP contribution in [0.4, 0.5) is 10.2 Å². The van der Waals surface area contributed by atoms with E-state index in [0.29, 0.717) is 55.4 Å². The normalized spacial score (nSPS) is 15.6. The molecule has 1 aliphatic heterocycles. The van der Waals surface area contributed by atoms with Crippen LogP contribution >= 0.6 is 0 Å². The van der Waals surface area contributed by atoms with Gasteiger partial charge in [-0.1, -0.05) is 12.1 Å². The highest BCUT2D eigenvalue weighted by molar-refractivity contribution is 5.96. The molecule has 34 heavy (non-hydrogen) atoms. The fourth-order valence-electron chi connectivity index (χ4n) is 4.18. The van der Waals surface area contributed by atoms with E-state index in [1.54, 1.807) is 36.1 Å². The maximum Gasteiger partial charge on any atom is 0.253 e. The second kappa shape index (κ2) is 10.4. The Morgan fingerprint density at radius 1 is 1.12 bits per heavy atom. The van der Waals surface area contributed by atoms with E-state index in [2.05, 4.69) is 10.4 Å². The molecule has 0 spiro atoms. The van der Waals surface area contributed by atoms with Crippen LogP contribution in [0, 0.1) is 11.7 Å². The lowest BCUT2D eigenvalue weighted by molar-refractivity contribution is -0.121. The number of nitrogens with zero attached hydrogens (tertiary/aromatic N) is 3. The van der Waals surface area contributed by atoms with Crippen molar-refractivity contribution in [2.45, 2.75) is 19.4 Å². The van der Waals surface area contributed by atoms with Crippen LogP contribution in [-0.4, -0.2) is 53.8 Å². The molecule has 9 heteroatoms. The second-order valence-electron chi connectivity index (χ2n) is 8.11. The van der Waals surface area contributed by atoms with Gasteiger partial charge in [0.15, 0.2) is 11.5 Å². The van der Waals surface area contributed by atoms with Crippen molar-refractivity contribution in [3.8, 4) is 11.5 Å². The highest BCUT2D eigenvalue weighted by Gasteiger charge is 2.29. The number of benzene rings is 2. The summed E-state index contributed by atoms with van der Waals surface area (Å²) in [5.74, 6) is 0.662. The number of hydrogen-bond acceptors (Lipinski definition) is 5. The third kappa shape index (κ3) is 5.03. The van der Waals surface area contributed by atoms with E-state index < -0.39 is 5.82 Å². The van der Waals surface area contributed by atoms with Crippen molar-refractivity contribution in [3.63, 3.8) is 0 Å². The number of para-hydroxylation sites is 1. The lowest BCUT2D eigenvalue weighted by atomic mass is 9.96. The number of methoxy groups -OCH3 is 2. The molecule has 1 N–H and O–H groups in total. The molecule has 4 rings (SSSR count). The van der Waals surface area contributed by atoms with Crippen molar-refractivity contribution in [3.05, 3.63) is 71.7 Å². The number of nitrogens with one attached hydrogen (secondary N) is 1. The number of piperidine rings is 1. The molecule has 2 amide bonds. The van der Waals surface area contributed by atoms with Crippen molar-refractivity contribution in [2.75, 3.05) is 32.6 Å². The molecule has 1 atom stereocenters. The van der Waals surface area contributed by atoms with Crippen LogP contribution < -0.4 is 14.8 Å². The van der Waals surface area contributed by atoms with Crippen LogP contribution in [0.1, 0.15) is 28.8 Å². The Morgan fingerprint density at radius 3 is 2.65 bits per heavy atom. The predicted molar refractivity (Wildman–Crippen MR) is 125 cm³/mol. The first kappa shape index (κ1) is 23.3. The fourth-order valence-corrected chi connectivity index (χ4v) is 4.18. The summed E-state index contributed by atoms with van der Waals surface area (Å²) >= 11 is 0. The predicted octanol–water partition coefficient (Wildman–Crippen LogP) is 3.58. The minimum atomic E-state index is -0.393. The van der Waals surface area contributed by atoms with E-state index in [0.717, 1.165) is 5.56 Å². The quantitative estimate of drug-likeness (QED) is 0.575. The number of amides is 2. The van der Waals surface area contributed by atoms with Gasteiger partial charge in [-0.2, -0.15) is 5.10 Å². The summed E-state index contributed by atoms with van der Waals surface area (Å²) in [6, 6.07) is 12.8. The largest absolute Gasteiger partial charge is 0.493 e. The molecule has 178 valence electrons. The van der Waals surface area contributed by atoms with Gasteiger partial charge in [-0.25, -0.2) is 9.07 Å². The molecular weight excluding hydrogens is 439 g/mol. The number of anilines is 1. The van der Waals surface area contributed by atoms with E-state index in [9.17, 15) is 14.0 Å². The van der Waals surface area contributed by atoms with Gasteiger partial charge < -0.3 is 19.7 Å². The van der Waals surface area contributed by atoms with Gasteiger partial charge in [-0.3, -0.25) is 9.59 Å². The zero-order valence-corrected chi connectivity index (χ0v) is 19.2. The Morgan fingerprint density at radius 2 is 1.91 bits per heavy atom. The van der Waals surface area contributed by atoms with Gasteiger partial charge in [0.1, 0.15) is 11.6 Å². The van der Waals surface area contributed by atoms with Crippen molar-refractivity contribution in [1.82, 2.24) is 14.7 Å². The molecule has 3 aromatic rings. The van der Waals surface area contributed by atoms with E-state index in [1.165, 1.54) is 24.3 Å². The number of carbonyl (C=O) groups excluding carboxylic acids is 2. The van der Waals surface area contributed by atoms with E-state index in [4.69, 9.17) is 9.47 Å². The van der Waals surface area contributed by atoms with E-state index in [-0.39, 0.29) is 17.7 Å². The van der Waals surface area contributed by atoms with Crippen LogP contribution in [0.25, 0.3) is 0 Å². The zero-order chi connectivity index (χ0) is 24.1. The van der Waals surface area contributed by atoms with Gasteiger partial charge in [-0.15, -0.1) is 0 Å². The molecule has 2 aromatic carbocycles. The molecule has 0 aliphatic carbocycles. The Bertz CT molecular complexity index is 1160. The highest BCUT2D eigenvalue weighted by Crippen LogP contribution is 2.31. The number of carbonyl (C=O) groups is 2. The molecule has 1 aromatic heterocycles. The summed E-state index contributed by atoms with van der Waals surface area (Å²) in [5, 5.41) is 7.30. The van der Waals surface area contributed by atoms with Crippen LogP contribution in [0.5, 0.6) is 11.5 Å². The van der Waals surface area contributed by atoms with Crippen molar-refractivity contribution in [1.29, 1.82) is 0 Å². The Balaban J connectivity index is 1.43. The molecule has 1 fully saturated rings. The monoisotopic (exact) mass is 466 g/mol. The Hall–Kier alpha value is -3.88. The van der Waals surface area contributed by atoms with Crippen molar-refractivity contribution >= 4 is 17.6 Å². The SMILES string of the molecule is COc1cccc(Cn2nccc2NC(=O)C2CCCN(C(=O)c3ccc(F)cc3)C2)c1OC. The summed E-state index contributed by atoms with van der Waals surface area (Å²) in [4.78, 5) is 27.5. The van der Waals surface area contributed by atoms with E-state index >= 15 is 0 Å². The van der Waals surface area contributed by atoms with Crippen molar-refractivity contribution in [2.24, 2.45) is 5.92 Å². The molecular formula is C25H27FN4O4. The van der Waals surface area contributed by atoms with Gasteiger partial charge in [0.2, 0.25) is 5.91 Å². The van der Waals surface area contributed by atoms with Gasteiger partial charge in [0, 0.05) is 30.3 Å². The molecule has 1 saturated heterocycles. The number of ether oxygens (including phenoxy) is 2. The van der Waals surface area contributed by atoms with Gasteiger partial charge in [0.05, 0.1) is 32.9 Å². The van der Waals surface area contributed by atoms with Crippen LogP contribution in [0.15, 0.2) is 54.7 Å². The maximum absolute atomic E-state index is 13.2. The van der Waals surface area contributed by atoms with E-state index in [1.807, 2.05) is 18.2 Å². The summed E-state index contributed by atoms with van der Waals surface area (Å²) in [6.07, 6.45) is 3.01. The number of rotatable bonds is 7. The minimum Gasteiger partial charge on any atom is -0.493 e. The van der Waals surface area contributed by atoms with Gasteiger partial charge in [0.25, 0.3) is 5.91 Å². The molecule has 1 aliphatic rings. The topological polar surface area (TPSA) is 85.7 Å². The summed E-state index contributed by atoms with van der Waals surface area (Å²) in [5.41, 5.74) is 1.27. The number of aromatic nitrogens is 2. The van der Waals surface area contributed by atoms with Crippen LogP contribution in [-0.2, 0) is 11.3 Å². The molecule has 2 heterocycles. The van der Waals surface area contributed by atoms with Crippen LogP contribution in [0.3, 0.4) is 0 Å². The highest BCUT2D eigenvalue weighted by atomic mass is 19.1. The third-order valence-electron chi connectivity index (χ3n) is 5.94. The average Bonchev–Trinajstić information content (AvgIpc) is 3.30. The fraction of sp³-hybridized carbons (Fsp3) is 0.320. The first-order valence-electron chi connectivity index (χ1n) is 11.1.